The van der Waals surface area contributed by atoms with E-state index in [1.807, 2.05) is 4.90 Å². The van der Waals surface area contributed by atoms with Crippen LogP contribution in [0.3, 0.4) is 0 Å². The van der Waals surface area contributed by atoms with Gasteiger partial charge in [0.15, 0.2) is 0 Å². The van der Waals surface area contributed by atoms with E-state index in [0.29, 0.717) is 17.5 Å². The molecule has 3 N–H and O–H groups in total. The Kier molecular flexibility index (Phi) is 3.61. The molecule has 0 aromatic heterocycles. The standard InChI is InChI=1S/C15H20FN3O/c16-12-2-5-14(6-3-12)18-15(20)19-8-10-1-4-13(17)7-11(10)9-19/h2-3,5-6,10-11,13H,1,4,7-9,17H2,(H,18,20)/t10-,11+,13?/m1/s1. The number of urea groups is 1. The van der Waals surface area contributed by atoms with Crippen LogP contribution in [0.5, 0.6) is 0 Å². The molecule has 5 heteroatoms. The van der Waals surface area contributed by atoms with Crippen LogP contribution in [-0.2, 0) is 0 Å². The average Bonchev–Trinajstić information content (AvgIpc) is 2.84. The Hall–Kier alpha value is -1.62. The topological polar surface area (TPSA) is 58.4 Å². The average molecular weight is 277 g/mol. The summed E-state index contributed by atoms with van der Waals surface area (Å²) in [5.74, 6) is 0.829. The molecule has 0 bridgehead atoms. The molecule has 108 valence electrons. The van der Waals surface area contributed by atoms with Crippen LogP contribution in [0.15, 0.2) is 24.3 Å². The smallest absolute Gasteiger partial charge is 0.321 e. The van der Waals surface area contributed by atoms with E-state index >= 15 is 0 Å². The summed E-state index contributed by atoms with van der Waals surface area (Å²) < 4.78 is 12.8. The Balaban J connectivity index is 1.60. The maximum absolute atomic E-state index is 12.8. The van der Waals surface area contributed by atoms with Gasteiger partial charge in [0.1, 0.15) is 5.82 Å². The van der Waals surface area contributed by atoms with Gasteiger partial charge >= 0.3 is 6.03 Å². The Morgan fingerprint density at radius 3 is 2.65 bits per heavy atom. The minimum absolute atomic E-state index is 0.0976. The Morgan fingerprint density at radius 2 is 1.90 bits per heavy atom. The lowest BCUT2D eigenvalue weighted by molar-refractivity contribution is 0.220. The molecule has 1 unspecified atom stereocenters. The summed E-state index contributed by atoms with van der Waals surface area (Å²) in [6, 6.07) is 6.03. The number of nitrogens with zero attached hydrogens (tertiary/aromatic N) is 1. The number of hydrogen-bond acceptors (Lipinski definition) is 2. The quantitative estimate of drug-likeness (QED) is 0.828. The van der Waals surface area contributed by atoms with Gasteiger partial charge in [-0.3, -0.25) is 0 Å². The molecule has 3 atom stereocenters. The third-order valence-corrected chi connectivity index (χ3v) is 4.47. The number of anilines is 1. The van der Waals surface area contributed by atoms with Crippen molar-refractivity contribution in [2.75, 3.05) is 18.4 Å². The predicted molar refractivity (Wildman–Crippen MR) is 75.8 cm³/mol. The molecule has 1 aromatic rings. The highest BCUT2D eigenvalue weighted by molar-refractivity contribution is 5.89. The molecule has 0 spiro atoms. The summed E-state index contributed by atoms with van der Waals surface area (Å²) >= 11 is 0. The van der Waals surface area contributed by atoms with Crippen molar-refractivity contribution in [3.8, 4) is 0 Å². The Bertz CT molecular complexity index is 490. The first-order chi connectivity index (χ1) is 9.61. The molecular formula is C15H20FN3O. The molecule has 4 nitrogen and oxygen atoms in total. The lowest BCUT2D eigenvalue weighted by Crippen LogP contribution is -2.33. The van der Waals surface area contributed by atoms with Gasteiger partial charge in [0, 0.05) is 24.8 Å². The van der Waals surface area contributed by atoms with E-state index in [1.165, 1.54) is 12.1 Å². The number of carbonyl (C=O) groups is 1. The second kappa shape index (κ2) is 5.40. The fourth-order valence-electron chi connectivity index (χ4n) is 3.37. The first-order valence-corrected chi connectivity index (χ1v) is 7.19. The van der Waals surface area contributed by atoms with Crippen LogP contribution in [0.4, 0.5) is 14.9 Å². The van der Waals surface area contributed by atoms with Crippen molar-refractivity contribution in [2.24, 2.45) is 17.6 Å². The van der Waals surface area contributed by atoms with Crippen LogP contribution in [0.1, 0.15) is 19.3 Å². The predicted octanol–water partition coefficient (Wildman–Crippen LogP) is 2.42. The molecule has 20 heavy (non-hydrogen) atoms. The largest absolute Gasteiger partial charge is 0.328 e. The van der Waals surface area contributed by atoms with Crippen molar-refractivity contribution < 1.29 is 9.18 Å². The third-order valence-electron chi connectivity index (χ3n) is 4.47. The number of likely N-dealkylation sites (tertiary alicyclic amines) is 1. The van der Waals surface area contributed by atoms with Gasteiger partial charge < -0.3 is 16.0 Å². The van der Waals surface area contributed by atoms with E-state index in [4.69, 9.17) is 5.73 Å². The lowest BCUT2D eigenvalue weighted by Gasteiger charge is -2.27. The highest BCUT2D eigenvalue weighted by atomic mass is 19.1. The van der Waals surface area contributed by atoms with E-state index in [2.05, 4.69) is 5.32 Å². The van der Waals surface area contributed by atoms with Crippen LogP contribution in [-0.4, -0.2) is 30.1 Å². The minimum Gasteiger partial charge on any atom is -0.328 e. The molecule has 2 aliphatic rings. The number of nitrogens with one attached hydrogen (secondary N) is 1. The first kappa shape index (κ1) is 13.4. The van der Waals surface area contributed by atoms with Gasteiger partial charge in [-0.25, -0.2) is 9.18 Å². The van der Waals surface area contributed by atoms with Crippen LogP contribution >= 0.6 is 0 Å². The van der Waals surface area contributed by atoms with Crippen LogP contribution < -0.4 is 11.1 Å². The van der Waals surface area contributed by atoms with Gasteiger partial charge in [-0.15, -0.1) is 0 Å². The first-order valence-electron chi connectivity index (χ1n) is 7.19. The zero-order chi connectivity index (χ0) is 14.1. The van der Waals surface area contributed by atoms with Gasteiger partial charge in [0.2, 0.25) is 0 Å². The second-order valence-corrected chi connectivity index (χ2v) is 5.94. The number of benzene rings is 1. The molecule has 1 aliphatic heterocycles. The SMILES string of the molecule is NC1CC[C@@H]2CN(C(=O)Nc3ccc(F)cc3)C[C@@H]2C1. The van der Waals surface area contributed by atoms with Crippen molar-refractivity contribution >= 4 is 11.7 Å². The van der Waals surface area contributed by atoms with Crippen LogP contribution in [0, 0.1) is 17.7 Å². The summed E-state index contributed by atoms with van der Waals surface area (Å²) in [5, 5.41) is 2.82. The molecule has 2 amide bonds. The molecule has 0 radical (unpaired) electrons. The summed E-state index contributed by atoms with van der Waals surface area (Å²) in [6.07, 6.45) is 3.20. The number of carbonyl (C=O) groups excluding carboxylic acids is 1. The van der Waals surface area contributed by atoms with Crippen molar-refractivity contribution in [3.05, 3.63) is 30.1 Å². The number of rotatable bonds is 1. The third kappa shape index (κ3) is 2.77. The Labute approximate surface area is 118 Å². The van der Waals surface area contributed by atoms with E-state index in [9.17, 15) is 9.18 Å². The van der Waals surface area contributed by atoms with E-state index in [1.54, 1.807) is 12.1 Å². The number of halogens is 1. The van der Waals surface area contributed by atoms with Gasteiger partial charge in [-0.05, 0) is 55.4 Å². The minimum atomic E-state index is -0.302. The molecule has 1 saturated carbocycles. The number of amides is 2. The van der Waals surface area contributed by atoms with Crippen molar-refractivity contribution in [1.29, 1.82) is 0 Å². The fraction of sp³-hybridized carbons (Fsp3) is 0.533. The van der Waals surface area contributed by atoms with Crippen LogP contribution in [0.2, 0.25) is 0 Å². The molecule has 1 heterocycles. The molecular weight excluding hydrogens is 257 g/mol. The van der Waals surface area contributed by atoms with Gasteiger partial charge in [-0.2, -0.15) is 0 Å². The van der Waals surface area contributed by atoms with Gasteiger partial charge in [0.05, 0.1) is 0 Å². The Morgan fingerprint density at radius 1 is 1.20 bits per heavy atom. The highest BCUT2D eigenvalue weighted by Crippen LogP contribution is 2.35. The second-order valence-electron chi connectivity index (χ2n) is 5.94. The van der Waals surface area contributed by atoms with E-state index in [-0.39, 0.29) is 17.9 Å². The summed E-state index contributed by atoms with van der Waals surface area (Å²) in [6.45, 7) is 1.59. The molecule has 1 aromatic carbocycles. The van der Waals surface area contributed by atoms with Crippen molar-refractivity contribution in [3.63, 3.8) is 0 Å². The van der Waals surface area contributed by atoms with Crippen molar-refractivity contribution in [2.45, 2.75) is 25.3 Å². The maximum Gasteiger partial charge on any atom is 0.321 e. The van der Waals surface area contributed by atoms with E-state index < -0.39 is 0 Å². The molecule has 1 aliphatic carbocycles. The summed E-state index contributed by atoms with van der Waals surface area (Å²) in [4.78, 5) is 14.1. The number of hydrogen-bond donors (Lipinski definition) is 2. The molecule has 1 saturated heterocycles. The summed E-state index contributed by atoms with van der Waals surface area (Å²) in [7, 11) is 0. The summed E-state index contributed by atoms with van der Waals surface area (Å²) in [5.41, 5.74) is 6.62. The van der Waals surface area contributed by atoms with Gasteiger partial charge in [-0.1, -0.05) is 0 Å². The van der Waals surface area contributed by atoms with Gasteiger partial charge in [0.25, 0.3) is 0 Å². The normalized spacial score (nSPS) is 29.1. The van der Waals surface area contributed by atoms with Crippen molar-refractivity contribution in [1.82, 2.24) is 4.90 Å². The lowest BCUT2D eigenvalue weighted by atomic mass is 9.79. The number of nitrogens with two attached hydrogens (primary N) is 1. The zero-order valence-electron chi connectivity index (χ0n) is 11.4. The zero-order valence-corrected chi connectivity index (χ0v) is 11.4. The number of fused-ring (bicyclic) bond motifs is 1. The van der Waals surface area contributed by atoms with E-state index in [0.717, 1.165) is 32.4 Å². The maximum atomic E-state index is 12.8. The molecule has 3 rings (SSSR count). The van der Waals surface area contributed by atoms with Crippen LogP contribution in [0.25, 0.3) is 0 Å². The fourth-order valence-corrected chi connectivity index (χ4v) is 3.37. The molecule has 2 fully saturated rings. The monoisotopic (exact) mass is 277 g/mol. The highest BCUT2D eigenvalue weighted by Gasteiger charge is 2.38.